The van der Waals surface area contributed by atoms with Crippen LogP contribution in [-0.2, 0) is 24.2 Å². The van der Waals surface area contributed by atoms with Gasteiger partial charge < -0.3 is 15.0 Å². The van der Waals surface area contributed by atoms with Gasteiger partial charge in [-0.05, 0) is 30.7 Å². The summed E-state index contributed by atoms with van der Waals surface area (Å²) in [5.74, 6) is -1.30. The number of rotatable bonds is 5. The van der Waals surface area contributed by atoms with Crippen LogP contribution in [0.1, 0.15) is 23.7 Å². The van der Waals surface area contributed by atoms with E-state index in [2.05, 4.69) is 10.1 Å². The number of esters is 1. The molecule has 1 aliphatic rings. The van der Waals surface area contributed by atoms with Crippen molar-refractivity contribution in [1.82, 2.24) is 5.32 Å². The number of carbonyl (C=O) groups excluding carboxylic acids is 3. The maximum atomic E-state index is 12.1. The third-order valence-electron chi connectivity index (χ3n) is 3.88. The molecule has 0 aromatic heterocycles. The molecule has 136 valence electrons. The second kappa shape index (κ2) is 7.64. The zero-order valence-corrected chi connectivity index (χ0v) is 14.8. The van der Waals surface area contributed by atoms with E-state index in [0.29, 0.717) is 17.7 Å². The summed E-state index contributed by atoms with van der Waals surface area (Å²) in [6.07, 6.45) is 0.377. The lowest BCUT2D eigenvalue weighted by atomic mass is 10.2. The molecule has 1 aromatic carbocycles. The average Bonchev–Trinajstić information content (AvgIpc) is 2.90. The highest BCUT2D eigenvalue weighted by molar-refractivity contribution is 7.91. The Morgan fingerprint density at radius 1 is 1.24 bits per heavy atom. The Balaban J connectivity index is 2.04. The lowest BCUT2D eigenvalue weighted by molar-refractivity contribution is -0.123. The van der Waals surface area contributed by atoms with Crippen molar-refractivity contribution in [2.75, 3.05) is 30.1 Å². The maximum absolute atomic E-state index is 12.1. The molecule has 0 bridgehead atoms. The van der Waals surface area contributed by atoms with Gasteiger partial charge in [0.2, 0.25) is 11.8 Å². The molecule has 1 aliphatic heterocycles. The summed E-state index contributed by atoms with van der Waals surface area (Å²) in [4.78, 5) is 36.7. The molecular weight excluding hydrogens is 348 g/mol. The molecule has 2 amide bonds. The molecule has 0 aliphatic carbocycles. The summed E-state index contributed by atoms with van der Waals surface area (Å²) >= 11 is 0. The van der Waals surface area contributed by atoms with Crippen LogP contribution in [0.3, 0.4) is 0 Å². The highest BCUT2D eigenvalue weighted by Gasteiger charge is 2.29. The van der Waals surface area contributed by atoms with Crippen molar-refractivity contribution < 1.29 is 27.5 Å². The fourth-order valence-corrected chi connectivity index (χ4v) is 4.28. The van der Waals surface area contributed by atoms with Gasteiger partial charge >= 0.3 is 5.97 Å². The van der Waals surface area contributed by atoms with Crippen LogP contribution in [0.5, 0.6) is 0 Å². The van der Waals surface area contributed by atoms with Crippen LogP contribution in [0.2, 0.25) is 0 Å². The van der Waals surface area contributed by atoms with E-state index in [1.54, 1.807) is 12.1 Å². The van der Waals surface area contributed by atoms with Gasteiger partial charge in [0.25, 0.3) is 0 Å². The Hall–Kier alpha value is -2.42. The Morgan fingerprint density at radius 3 is 2.36 bits per heavy atom. The number of hydrogen-bond donors (Lipinski definition) is 1. The topological polar surface area (TPSA) is 110 Å². The van der Waals surface area contributed by atoms with Crippen LogP contribution in [0.15, 0.2) is 24.3 Å². The molecule has 0 radical (unpaired) electrons. The molecule has 8 nitrogen and oxygen atoms in total. The number of nitrogens with zero attached hydrogens (tertiary/aromatic N) is 1. The van der Waals surface area contributed by atoms with Crippen molar-refractivity contribution >= 4 is 33.3 Å². The van der Waals surface area contributed by atoms with Gasteiger partial charge in [0.15, 0.2) is 9.84 Å². The molecule has 1 heterocycles. The first-order valence-corrected chi connectivity index (χ1v) is 9.50. The number of amides is 2. The number of nitrogens with one attached hydrogen (secondary N) is 1. The van der Waals surface area contributed by atoms with Crippen molar-refractivity contribution in [2.45, 2.75) is 19.4 Å². The van der Waals surface area contributed by atoms with Crippen LogP contribution in [-0.4, -0.2) is 57.4 Å². The van der Waals surface area contributed by atoms with Crippen molar-refractivity contribution in [3.63, 3.8) is 0 Å². The molecule has 1 atom stereocenters. The van der Waals surface area contributed by atoms with Crippen molar-refractivity contribution in [3.8, 4) is 0 Å². The predicted molar refractivity (Wildman–Crippen MR) is 91.0 cm³/mol. The van der Waals surface area contributed by atoms with E-state index in [-0.39, 0.29) is 24.0 Å². The number of benzene rings is 1. The number of hydrogen-bond acceptors (Lipinski definition) is 6. The first kappa shape index (κ1) is 18.9. The minimum atomic E-state index is -3.09. The Bertz CT molecular complexity index is 772. The lowest BCUT2D eigenvalue weighted by Gasteiger charge is -2.22. The maximum Gasteiger partial charge on any atom is 0.337 e. The van der Waals surface area contributed by atoms with Gasteiger partial charge in [-0.1, -0.05) is 0 Å². The molecule has 1 N–H and O–H groups in total. The zero-order valence-electron chi connectivity index (χ0n) is 14.0. The fraction of sp³-hybridized carbons (Fsp3) is 0.438. The molecule has 0 saturated carbocycles. The van der Waals surface area contributed by atoms with Gasteiger partial charge in [-0.3, -0.25) is 9.59 Å². The molecule has 9 heteroatoms. The molecule has 1 fully saturated rings. The SMILES string of the molecule is COC(=O)c1ccc(N(CC(=O)NC2CCS(=O)(=O)C2)C(C)=O)cc1. The van der Waals surface area contributed by atoms with E-state index < -0.39 is 27.8 Å². The molecule has 1 aromatic rings. The third kappa shape index (κ3) is 5.02. The van der Waals surface area contributed by atoms with Crippen molar-refractivity contribution in [1.29, 1.82) is 0 Å². The van der Waals surface area contributed by atoms with Crippen molar-refractivity contribution in [2.24, 2.45) is 0 Å². The van der Waals surface area contributed by atoms with Crippen LogP contribution >= 0.6 is 0 Å². The molecular formula is C16H20N2O6S. The minimum Gasteiger partial charge on any atom is -0.465 e. The minimum absolute atomic E-state index is 0.0589. The largest absolute Gasteiger partial charge is 0.465 e. The van der Waals surface area contributed by atoms with Gasteiger partial charge in [-0.25, -0.2) is 13.2 Å². The fourth-order valence-electron chi connectivity index (χ4n) is 2.61. The van der Waals surface area contributed by atoms with Crippen molar-refractivity contribution in [3.05, 3.63) is 29.8 Å². The second-order valence-corrected chi connectivity index (χ2v) is 8.04. The Labute approximate surface area is 146 Å². The highest BCUT2D eigenvalue weighted by Crippen LogP contribution is 2.17. The normalized spacial score (nSPS) is 18.4. The van der Waals surface area contributed by atoms with Gasteiger partial charge in [0.1, 0.15) is 6.54 Å². The first-order chi connectivity index (χ1) is 11.7. The summed E-state index contributed by atoms with van der Waals surface area (Å²) in [5.41, 5.74) is 0.782. The Kier molecular flexibility index (Phi) is 5.78. The van der Waals surface area contributed by atoms with E-state index in [9.17, 15) is 22.8 Å². The summed E-state index contributed by atoms with van der Waals surface area (Å²) in [5, 5.41) is 2.64. The molecule has 1 unspecified atom stereocenters. The quantitative estimate of drug-likeness (QED) is 0.740. The van der Waals surface area contributed by atoms with Gasteiger partial charge in [-0.15, -0.1) is 0 Å². The van der Waals surface area contributed by atoms with Gasteiger partial charge in [0, 0.05) is 18.7 Å². The van der Waals surface area contributed by atoms with E-state index in [1.165, 1.54) is 31.1 Å². The van der Waals surface area contributed by atoms with Crippen LogP contribution in [0, 0.1) is 0 Å². The Morgan fingerprint density at radius 2 is 1.88 bits per heavy atom. The monoisotopic (exact) mass is 368 g/mol. The number of sulfone groups is 1. The highest BCUT2D eigenvalue weighted by atomic mass is 32.2. The summed E-state index contributed by atoms with van der Waals surface area (Å²) in [6.45, 7) is 1.09. The van der Waals surface area contributed by atoms with Crippen LogP contribution < -0.4 is 10.2 Å². The summed E-state index contributed by atoms with van der Waals surface area (Å²) < 4.78 is 27.5. The molecule has 1 saturated heterocycles. The van der Waals surface area contributed by atoms with Gasteiger partial charge in [-0.2, -0.15) is 0 Å². The van der Waals surface area contributed by atoms with Crippen LogP contribution in [0.25, 0.3) is 0 Å². The first-order valence-electron chi connectivity index (χ1n) is 7.68. The zero-order chi connectivity index (χ0) is 18.6. The smallest absolute Gasteiger partial charge is 0.337 e. The summed E-state index contributed by atoms with van der Waals surface area (Å²) in [7, 11) is -1.82. The van der Waals surface area contributed by atoms with Gasteiger partial charge in [0.05, 0.1) is 24.2 Å². The lowest BCUT2D eigenvalue weighted by Crippen LogP contribution is -2.44. The standard InChI is InChI=1S/C16H20N2O6S/c1-11(19)18(14-5-3-12(4-6-14)16(21)24-2)9-15(20)17-13-7-8-25(22,23)10-13/h3-6,13H,7-10H2,1-2H3,(H,17,20). The second-order valence-electron chi connectivity index (χ2n) is 5.81. The van der Waals surface area contributed by atoms with Crippen LogP contribution in [0.4, 0.5) is 5.69 Å². The molecule has 0 spiro atoms. The van der Waals surface area contributed by atoms with E-state index in [1.807, 2.05) is 0 Å². The number of ether oxygens (including phenoxy) is 1. The predicted octanol–water partition coefficient (Wildman–Crippen LogP) is 0.129. The van der Waals surface area contributed by atoms with E-state index >= 15 is 0 Å². The number of carbonyl (C=O) groups is 3. The summed E-state index contributed by atoms with van der Waals surface area (Å²) in [6, 6.07) is 5.66. The number of methoxy groups -OCH3 is 1. The molecule has 25 heavy (non-hydrogen) atoms. The molecule has 2 rings (SSSR count). The number of anilines is 1. The van der Waals surface area contributed by atoms with E-state index in [4.69, 9.17) is 0 Å². The van der Waals surface area contributed by atoms with E-state index in [0.717, 1.165) is 0 Å². The average molecular weight is 368 g/mol. The third-order valence-corrected chi connectivity index (χ3v) is 5.65.